The molecule has 108 valence electrons. The molecule has 1 unspecified atom stereocenters. The van der Waals surface area contributed by atoms with Crippen molar-refractivity contribution in [3.05, 3.63) is 11.7 Å². The summed E-state index contributed by atoms with van der Waals surface area (Å²) in [4.78, 5) is 4.57. The van der Waals surface area contributed by atoms with Crippen LogP contribution in [0, 0.1) is 5.41 Å². The molecule has 1 fully saturated rings. The lowest BCUT2D eigenvalue weighted by molar-refractivity contribution is 0.285. The van der Waals surface area contributed by atoms with Crippen LogP contribution in [0.15, 0.2) is 4.52 Å². The first-order valence-electron chi connectivity index (χ1n) is 7.55. The van der Waals surface area contributed by atoms with Gasteiger partial charge in [0.1, 0.15) is 0 Å². The maximum Gasteiger partial charge on any atom is 0.228 e. The van der Waals surface area contributed by atoms with Crippen LogP contribution in [0.3, 0.4) is 0 Å². The van der Waals surface area contributed by atoms with Crippen molar-refractivity contribution < 1.29 is 4.52 Å². The summed E-state index contributed by atoms with van der Waals surface area (Å²) in [6.07, 6.45) is 8.33. The molecule has 19 heavy (non-hydrogen) atoms. The lowest BCUT2D eigenvalue weighted by atomic mass is 9.85. The zero-order valence-electron chi connectivity index (χ0n) is 12.5. The first kappa shape index (κ1) is 14.5. The van der Waals surface area contributed by atoms with E-state index in [9.17, 15) is 0 Å². The molecule has 0 saturated heterocycles. The quantitative estimate of drug-likeness (QED) is 0.850. The Morgan fingerprint density at radius 3 is 2.42 bits per heavy atom. The summed E-state index contributed by atoms with van der Waals surface area (Å²) in [5.74, 6) is 2.09. The highest BCUT2D eigenvalue weighted by Gasteiger charge is 2.25. The molecule has 1 aliphatic rings. The van der Waals surface area contributed by atoms with Gasteiger partial charge in [-0.2, -0.15) is 4.98 Å². The van der Waals surface area contributed by atoms with Gasteiger partial charge in [-0.05, 0) is 18.3 Å². The third kappa shape index (κ3) is 4.03. The molecule has 1 heterocycles. The number of rotatable bonds is 3. The van der Waals surface area contributed by atoms with Crippen LogP contribution in [0.5, 0.6) is 0 Å². The molecule has 1 aliphatic carbocycles. The van der Waals surface area contributed by atoms with Crippen LogP contribution in [0.1, 0.15) is 76.9 Å². The molecule has 2 N–H and O–H groups in total. The van der Waals surface area contributed by atoms with E-state index in [0.29, 0.717) is 18.2 Å². The van der Waals surface area contributed by atoms with Crippen molar-refractivity contribution in [3.8, 4) is 0 Å². The van der Waals surface area contributed by atoms with Crippen molar-refractivity contribution in [1.82, 2.24) is 10.1 Å². The van der Waals surface area contributed by atoms with Gasteiger partial charge in [-0.15, -0.1) is 0 Å². The van der Waals surface area contributed by atoms with E-state index in [1.165, 1.54) is 38.5 Å². The van der Waals surface area contributed by atoms with Crippen molar-refractivity contribution in [2.45, 2.75) is 77.7 Å². The zero-order valence-corrected chi connectivity index (χ0v) is 12.5. The van der Waals surface area contributed by atoms with Crippen LogP contribution >= 0.6 is 0 Å². The smallest absolute Gasteiger partial charge is 0.228 e. The Labute approximate surface area is 116 Å². The molecule has 1 aromatic rings. The normalized spacial score (nSPS) is 20.2. The summed E-state index contributed by atoms with van der Waals surface area (Å²) in [5, 5.41) is 4.17. The lowest BCUT2D eigenvalue weighted by Crippen LogP contribution is -2.37. The Balaban J connectivity index is 1.98. The fourth-order valence-corrected chi connectivity index (χ4v) is 2.55. The Kier molecular flexibility index (Phi) is 4.61. The molecule has 0 amide bonds. The Hall–Kier alpha value is -0.900. The summed E-state index contributed by atoms with van der Waals surface area (Å²) in [6, 6.07) is 0.0509. The molecule has 1 atom stereocenters. The van der Waals surface area contributed by atoms with Crippen molar-refractivity contribution in [3.63, 3.8) is 0 Å². The molecule has 0 aromatic carbocycles. The molecule has 0 bridgehead atoms. The third-order valence-electron chi connectivity index (χ3n) is 4.21. The van der Waals surface area contributed by atoms with Gasteiger partial charge in [0.15, 0.2) is 5.82 Å². The summed E-state index contributed by atoms with van der Waals surface area (Å²) >= 11 is 0. The van der Waals surface area contributed by atoms with E-state index in [1.807, 2.05) is 0 Å². The SMILES string of the molecule is CC(C)(C)C(N)Cc1nc(C2CCCCCC2)no1. The minimum absolute atomic E-state index is 0.0509. The van der Waals surface area contributed by atoms with E-state index >= 15 is 0 Å². The molecular formula is C15H27N3O. The van der Waals surface area contributed by atoms with Crippen LogP contribution in [0.25, 0.3) is 0 Å². The number of hydrogen-bond acceptors (Lipinski definition) is 4. The minimum atomic E-state index is 0.0509. The van der Waals surface area contributed by atoms with Gasteiger partial charge in [0.2, 0.25) is 5.89 Å². The average molecular weight is 265 g/mol. The average Bonchev–Trinajstić information content (AvgIpc) is 2.62. The molecule has 4 heteroatoms. The second kappa shape index (κ2) is 6.04. The molecule has 0 spiro atoms. The van der Waals surface area contributed by atoms with Crippen molar-refractivity contribution in [2.75, 3.05) is 0 Å². The van der Waals surface area contributed by atoms with E-state index in [4.69, 9.17) is 10.3 Å². The first-order chi connectivity index (χ1) is 8.97. The molecule has 4 nitrogen and oxygen atoms in total. The van der Waals surface area contributed by atoms with Crippen molar-refractivity contribution in [1.29, 1.82) is 0 Å². The second-order valence-electron chi connectivity index (χ2n) is 6.91. The molecule has 1 aromatic heterocycles. The topological polar surface area (TPSA) is 64.9 Å². The lowest BCUT2D eigenvalue weighted by Gasteiger charge is -2.25. The highest BCUT2D eigenvalue weighted by atomic mass is 16.5. The number of nitrogens with zero attached hydrogens (tertiary/aromatic N) is 2. The van der Waals surface area contributed by atoms with Crippen molar-refractivity contribution in [2.24, 2.45) is 11.1 Å². The molecule has 2 rings (SSSR count). The van der Waals surface area contributed by atoms with Crippen molar-refractivity contribution >= 4 is 0 Å². The minimum Gasteiger partial charge on any atom is -0.339 e. The maximum atomic E-state index is 6.17. The van der Waals surface area contributed by atoms with Gasteiger partial charge in [0.05, 0.1) is 0 Å². The van der Waals surface area contributed by atoms with Gasteiger partial charge in [-0.1, -0.05) is 51.6 Å². The van der Waals surface area contributed by atoms with E-state index in [1.54, 1.807) is 0 Å². The number of nitrogens with two attached hydrogens (primary N) is 1. The number of hydrogen-bond donors (Lipinski definition) is 1. The van der Waals surface area contributed by atoms with E-state index in [2.05, 4.69) is 30.9 Å². The van der Waals surface area contributed by atoms with Gasteiger partial charge in [-0.3, -0.25) is 0 Å². The highest BCUT2D eigenvalue weighted by Crippen LogP contribution is 2.30. The monoisotopic (exact) mass is 265 g/mol. The van der Waals surface area contributed by atoms with E-state index < -0.39 is 0 Å². The van der Waals surface area contributed by atoms with Gasteiger partial charge in [0, 0.05) is 18.4 Å². The van der Waals surface area contributed by atoms with Crippen LogP contribution in [0.2, 0.25) is 0 Å². The molecule has 0 aliphatic heterocycles. The largest absolute Gasteiger partial charge is 0.339 e. The summed E-state index contributed by atoms with van der Waals surface area (Å²) in [5.41, 5.74) is 6.23. The summed E-state index contributed by atoms with van der Waals surface area (Å²) in [7, 11) is 0. The Morgan fingerprint density at radius 1 is 1.21 bits per heavy atom. The summed E-state index contributed by atoms with van der Waals surface area (Å²) < 4.78 is 5.38. The Morgan fingerprint density at radius 2 is 1.84 bits per heavy atom. The number of aromatic nitrogens is 2. The molecule has 0 radical (unpaired) electrons. The summed E-state index contributed by atoms with van der Waals surface area (Å²) in [6.45, 7) is 6.42. The Bertz CT molecular complexity index is 386. The van der Waals surface area contributed by atoms with Crippen LogP contribution < -0.4 is 5.73 Å². The molecular weight excluding hydrogens is 238 g/mol. The molecule has 1 saturated carbocycles. The van der Waals surface area contributed by atoms with Crippen LogP contribution in [-0.2, 0) is 6.42 Å². The first-order valence-corrected chi connectivity index (χ1v) is 7.55. The standard InChI is InChI=1S/C15H27N3O/c1-15(2,3)12(16)10-13-17-14(18-19-13)11-8-6-4-5-7-9-11/h11-12H,4-10,16H2,1-3H3. The highest BCUT2D eigenvalue weighted by molar-refractivity contribution is 4.98. The fraction of sp³-hybridized carbons (Fsp3) is 0.867. The van der Waals surface area contributed by atoms with Gasteiger partial charge >= 0.3 is 0 Å². The van der Waals surface area contributed by atoms with Gasteiger partial charge in [0.25, 0.3) is 0 Å². The predicted octanol–water partition coefficient (Wildman–Crippen LogP) is 3.42. The van der Waals surface area contributed by atoms with Crippen LogP contribution in [0.4, 0.5) is 0 Å². The maximum absolute atomic E-state index is 6.17. The van der Waals surface area contributed by atoms with E-state index in [-0.39, 0.29) is 11.5 Å². The van der Waals surface area contributed by atoms with Gasteiger partial charge in [-0.25, -0.2) is 0 Å². The zero-order chi connectivity index (χ0) is 13.9. The van der Waals surface area contributed by atoms with E-state index in [0.717, 1.165) is 5.82 Å². The fourth-order valence-electron chi connectivity index (χ4n) is 2.55. The third-order valence-corrected chi connectivity index (χ3v) is 4.21. The van der Waals surface area contributed by atoms with Crippen LogP contribution in [-0.4, -0.2) is 16.2 Å². The second-order valence-corrected chi connectivity index (χ2v) is 6.91. The van der Waals surface area contributed by atoms with Gasteiger partial charge < -0.3 is 10.3 Å². The predicted molar refractivity (Wildman–Crippen MR) is 75.9 cm³/mol.